The van der Waals surface area contributed by atoms with Crippen LogP contribution in [0.4, 0.5) is 0 Å². The summed E-state index contributed by atoms with van der Waals surface area (Å²) in [6.45, 7) is 0. The number of hydrogen-bond donors (Lipinski definition) is 1. The summed E-state index contributed by atoms with van der Waals surface area (Å²) >= 11 is 6.03. The maximum absolute atomic E-state index is 6.29. The number of nitrogens with two attached hydrogens (primary N) is 1. The highest BCUT2D eigenvalue weighted by Gasteiger charge is 2.33. The third-order valence-electron chi connectivity index (χ3n) is 4.07. The molecule has 2 heterocycles. The van der Waals surface area contributed by atoms with Crippen LogP contribution in [0.15, 0.2) is 30.7 Å². The Morgan fingerprint density at radius 2 is 2.20 bits per heavy atom. The summed E-state index contributed by atoms with van der Waals surface area (Å²) < 4.78 is 8.36. The third-order valence-corrected chi connectivity index (χ3v) is 4.31. The predicted molar refractivity (Wildman–Crippen MR) is 76.9 cm³/mol. The maximum atomic E-state index is 6.29. The molecule has 5 heteroatoms. The van der Waals surface area contributed by atoms with Gasteiger partial charge in [0.2, 0.25) is 0 Å². The van der Waals surface area contributed by atoms with Gasteiger partial charge in [0.05, 0.1) is 18.2 Å². The highest BCUT2D eigenvalue weighted by Crippen LogP contribution is 2.43. The average molecular weight is 290 g/mol. The van der Waals surface area contributed by atoms with E-state index in [-0.39, 0.29) is 12.1 Å². The molecule has 2 N–H and O–H groups in total. The number of fused-ring (bicyclic) bond motifs is 1. The van der Waals surface area contributed by atoms with Gasteiger partial charge in [0, 0.05) is 29.1 Å². The predicted octanol–water partition coefficient (Wildman–Crippen LogP) is 3.40. The molecule has 1 aromatic heterocycles. The van der Waals surface area contributed by atoms with Crippen LogP contribution < -0.4 is 10.5 Å². The monoisotopic (exact) mass is 289 g/mol. The van der Waals surface area contributed by atoms with Crippen LogP contribution >= 0.6 is 11.6 Å². The van der Waals surface area contributed by atoms with Crippen molar-refractivity contribution in [2.45, 2.75) is 37.5 Å². The van der Waals surface area contributed by atoms with Gasteiger partial charge in [-0.3, -0.25) is 0 Å². The second-order valence-corrected chi connectivity index (χ2v) is 6.02. The molecule has 4 nitrogen and oxygen atoms in total. The molecule has 0 saturated heterocycles. The fourth-order valence-corrected chi connectivity index (χ4v) is 3.06. The number of ether oxygens (including phenoxy) is 1. The Hall–Kier alpha value is -1.52. The van der Waals surface area contributed by atoms with Gasteiger partial charge in [-0.1, -0.05) is 11.6 Å². The minimum absolute atomic E-state index is 0.0261. The zero-order valence-corrected chi connectivity index (χ0v) is 11.8. The van der Waals surface area contributed by atoms with Crippen molar-refractivity contribution in [3.05, 3.63) is 47.0 Å². The summed E-state index contributed by atoms with van der Waals surface area (Å²) in [4.78, 5) is 4.27. The van der Waals surface area contributed by atoms with Gasteiger partial charge >= 0.3 is 0 Å². The summed E-state index contributed by atoms with van der Waals surface area (Å²) in [6.07, 6.45) is 6.99. The van der Waals surface area contributed by atoms with Gasteiger partial charge in [0.1, 0.15) is 11.9 Å². The van der Waals surface area contributed by atoms with E-state index in [0.717, 1.165) is 23.4 Å². The molecule has 1 aromatic carbocycles. The van der Waals surface area contributed by atoms with Crippen LogP contribution in [0, 0.1) is 0 Å². The summed E-state index contributed by atoms with van der Waals surface area (Å²) in [5.74, 6) is 0.835. The van der Waals surface area contributed by atoms with Crippen molar-refractivity contribution in [1.29, 1.82) is 0 Å². The maximum Gasteiger partial charge on any atom is 0.142 e. The number of imidazole rings is 1. The quantitative estimate of drug-likeness (QED) is 0.922. The molecule has 1 aliphatic carbocycles. The summed E-state index contributed by atoms with van der Waals surface area (Å²) in [5.41, 5.74) is 8.41. The summed E-state index contributed by atoms with van der Waals surface area (Å²) in [7, 11) is 0. The largest absolute Gasteiger partial charge is 0.484 e. The van der Waals surface area contributed by atoms with Crippen LogP contribution in [-0.4, -0.2) is 9.55 Å². The molecule has 1 saturated carbocycles. The minimum Gasteiger partial charge on any atom is -0.484 e. The topological polar surface area (TPSA) is 53.1 Å². The lowest BCUT2D eigenvalue weighted by Gasteiger charge is -2.30. The first-order chi connectivity index (χ1) is 9.72. The average Bonchev–Trinajstić information content (AvgIpc) is 3.17. The first kappa shape index (κ1) is 12.2. The van der Waals surface area contributed by atoms with Gasteiger partial charge in [-0.25, -0.2) is 4.98 Å². The van der Waals surface area contributed by atoms with Gasteiger partial charge in [-0.2, -0.15) is 0 Å². The minimum atomic E-state index is -0.0509. The third kappa shape index (κ3) is 2.00. The number of halogens is 1. The number of benzene rings is 1. The molecule has 0 radical (unpaired) electrons. The zero-order chi connectivity index (χ0) is 13.7. The van der Waals surface area contributed by atoms with E-state index in [1.165, 1.54) is 12.8 Å². The van der Waals surface area contributed by atoms with Crippen molar-refractivity contribution in [3.63, 3.8) is 0 Å². The Balaban J connectivity index is 1.68. The number of rotatable bonds is 2. The molecular weight excluding hydrogens is 274 g/mol. The van der Waals surface area contributed by atoms with Crippen LogP contribution in [0.25, 0.3) is 0 Å². The van der Waals surface area contributed by atoms with Crippen LogP contribution in [0.3, 0.4) is 0 Å². The number of hydrogen-bond acceptors (Lipinski definition) is 3. The molecule has 0 amide bonds. The van der Waals surface area contributed by atoms with Crippen molar-refractivity contribution >= 4 is 11.6 Å². The van der Waals surface area contributed by atoms with Gasteiger partial charge in [-0.05, 0) is 31.0 Å². The van der Waals surface area contributed by atoms with Crippen molar-refractivity contribution in [1.82, 2.24) is 9.55 Å². The summed E-state index contributed by atoms with van der Waals surface area (Å²) in [6, 6.07) is 6.19. The second-order valence-electron chi connectivity index (χ2n) is 5.59. The van der Waals surface area contributed by atoms with Crippen LogP contribution in [0.5, 0.6) is 5.75 Å². The van der Waals surface area contributed by atoms with Crippen LogP contribution in [0.2, 0.25) is 5.02 Å². The van der Waals surface area contributed by atoms with Gasteiger partial charge in [0.15, 0.2) is 0 Å². The lowest BCUT2D eigenvalue weighted by Crippen LogP contribution is -2.25. The highest BCUT2D eigenvalue weighted by atomic mass is 35.5. The standard InChI is InChI=1S/C15H16ClN3O/c16-9-1-4-14-11(5-9)12(17)6-15(20-14)13-7-18-8-19(13)10-2-3-10/h1,4-5,7-8,10,12,15H,2-3,6,17H2/t12-,15?/m1/s1. The van der Waals surface area contributed by atoms with Gasteiger partial charge in [0.25, 0.3) is 0 Å². The van der Waals surface area contributed by atoms with Gasteiger partial charge in [-0.15, -0.1) is 0 Å². The molecule has 0 spiro atoms. The Kier molecular flexibility index (Phi) is 2.75. The van der Waals surface area contributed by atoms with E-state index in [0.29, 0.717) is 11.1 Å². The molecular formula is C15H16ClN3O. The van der Waals surface area contributed by atoms with Crippen LogP contribution in [0.1, 0.15) is 48.7 Å². The molecule has 104 valence electrons. The van der Waals surface area contributed by atoms with E-state index in [9.17, 15) is 0 Å². The van der Waals surface area contributed by atoms with E-state index in [4.69, 9.17) is 22.1 Å². The molecule has 4 rings (SSSR count). The first-order valence-corrected chi connectivity index (χ1v) is 7.33. The second kappa shape index (κ2) is 4.50. The van der Waals surface area contributed by atoms with Gasteiger partial charge < -0.3 is 15.0 Å². The fourth-order valence-electron chi connectivity index (χ4n) is 2.88. The zero-order valence-electron chi connectivity index (χ0n) is 11.0. The highest BCUT2D eigenvalue weighted by molar-refractivity contribution is 6.30. The Labute approximate surface area is 122 Å². The Morgan fingerprint density at radius 1 is 1.35 bits per heavy atom. The van der Waals surface area contributed by atoms with E-state index in [2.05, 4.69) is 9.55 Å². The molecule has 1 aliphatic heterocycles. The van der Waals surface area contributed by atoms with E-state index < -0.39 is 0 Å². The molecule has 2 aliphatic rings. The van der Waals surface area contributed by atoms with Crippen molar-refractivity contribution < 1.29 is 4.74 Å². The summed E-state index contributed by atoms with van der Waals surface area (Å²) in [5, 5.41) is 0.698. The normalized spacial score (nSPS) is 25.1. The smallest absolute Gasteiger partial charge is 0.142 e. The molecule has 0 bridgehead atoms. The van der Waals surface area contributed by atoms with Crippen molar-refractivity contribution in [2.75, 3.05) is 0 Å². The molecule has 1 unspecified atom stereocenters. The Morgan fingerprint density at radius 3 is 3.00 bits per heavy atom. The van der Waals surface area contributed by atoms with Crippen molar-refractivity contribution in [2.24, 2.45) is 5.73 Å². The SMILES string of the molecule is N[C@@H]1CC(c2cncn2C2CC2)Oc2ccc(Cl)cc21. The fraction of sp³-hybridized carbons (Fsp3) is 0.400. The molecule has 2 aromatic rings. The van der Waals surface area contributed by atoms with E-state index in [1.54, 1.807) is 0 Å². The van der Waals surface area contributed by atoms with Crippen molar-refractivity contribution in [3.8, 4) is 5.75 Å². The molecule has 2 atom stereocenters. The first-order valence-electron chi connectivity index (χ1n) is 6.96. The Bertz CT molecular complexity index is 650. The van der Waals surface area contributed by atoms with Crippen LogP contribution in [-0.2, 0) is 0 Å². The van der Waals surface area contributed by atoms with E-state index >= 15 is 0 Å². The number of aromatic nitrogens is 2. The lowest BCUT2D eigenvalue weighted by molar-refractivity contribution is 0.153. The molecule has 20 heavy (non-hydrogen) atoms. The molecule has 1 fully saturated rings. The number of nitrogens with zero attached hydrogens (tertiary/aromatic N) is 2. The lowest BCUT2D eigenvalue weighted by atomic mass is 9.96. The van der Waals surface area contributed by atoms with E-state index in [1.807, 2.05) is 30.7 Å².